The van der Waals surface area contributed by atoms with Crippen molar-refractivity contribution in [2.75, 3.05) is 0 Å². The Morgan fingerprint density at radius 2 is 2.00 bits per heavy atom. The molecule has 0 unspecified atom stereocenters. The van der Waals surface area contributed by atoms with Gasteiger partial charge < -0.3 is 0 Å². The third-order valence-corrected chi connectivity index (χ3v) is 4.01. The van der Waals surface area contributed by atoms with Gasteiger partial charge in [0.1, 0.15) is 10.6 Å². The lowest BCUT2D eigenvalue weighted by Gasteiger charge is -2.05. The normalized spacial score (nSPS) is 12.1. The van der Waals surface area contributed by atoms with E-state index in [2.05, 4.69) is 20.9 Å². The van der Waals surface area contributed by atoms with Crippen molar-refractivity contribution in [1.82, 2.24) is 4.98 Å². The smallest absolute Gasteiger partial charge is 0.234 e. The summed E-state index contributed by atoms with van der Waals surface area (Å²) >= 11 is 8.21. The zero-order valence-corrected chi connectivity index (χ0v) is 10.6. The third-order valence-electron chi connectivity index (χ3n) is 1.37. The fraction of sp³-hybridized carbons (Fsp3) is 0.167. The number of hydrogen-bond donors (Lipinski definition) is 0. The van der Waals surface area contributed by atoms with Gasteiger partial charge in [0.15, 0.2) is 5.15 Å². The van der Waals surface area contributed by atoms with E-state index >= 15 is 0 Å². The molecular weight excluding hydrogens is 339 g/mol. The number of halogens is 5. The number of hydrogen-bond acceptors (Lipinski definition) is 3. The maximum atomic E-state index is 12.2. The van der Waals surface area contributed by atoms with Gasteiger partial charge in [0.25, 0.3) is 15.5 Å². The van der Waals surface area contributed by atoms with E-state index in [-0.39, 0.29) is 4.47 Å². The molecule has 0 aliphatic heterocycles. The quantitative estimate of drug-likeness (QED) is 0.612. The molecule has 0 saturated heterocycles. The monoisotopic (exact) mass is 339 g/mol. The van der Waals surface area contributed by atoms with Crippen LogP contribution in [-0.2, 0) is 9.05 Å². The van der Waals surface area contributed by atoms with Gasteiger partial charge in [0.05, 0.1) is 0 Å². The minimum Gasteiger partial charge on any atom is -0.234 e. The van der Waals surface area contributed by atoms with Gasteiger partial charge in [-0.25, -0.2) is 22.2 Å². The molecule has 0 aliphatic carbocycles. The summed E-state index contributed by atoms with van der Waals surface area (Å²) < 4.78 is 46.3. The molecule has 15 heavy (non-hydrogen) atoms. The molecule has 0 radical (unpaired) electrons. The Hall–Kier alpha value is 0.0200. The Bertz CT molecular complexity index is 471. The summed E-state index contributed by atoms with van der Waals surface area (Å²) in [5.41, 5.74) is -0.629. The Morgan fingerprint density at radius 3 is 2.33 bits per heavy atom. The average Bonchev–Trinajstić information content (AvgIpc) is 1.99. The number of aromatic nitrogens is 1. The van der Waals surface area contributed by atoms with Crippen LogP contribution in [0.15, 0.2) is 15.4 Å². The van der Waals surface area contributed by atoms with Crippen LogP contribution in [0.4, 0.5) is 8.78 Å². The first kappa shape index (κ1) is 13.1. The Labute approximate surface area is 102 Å². The van der Waals surface area contributed by atoms with Crippen LogP contribution in [0.3, 0.4) is 0 Å². The molecule has 0 aromatic carbocycles. The molecule has 0 fully saturated rings. The van der Waals surface area contributed by atoms with Gasteiger partial charge in [0, 0.05) is 15.2 Å². The fourth-order valence-electron chi connectivity index (χ4n) is 0.819. The lowest BCUT2D eigenvalue weighted by molar-refractivity contribution is 0.146. The zero-order chi connectivity index (χ0) is 11.8. The summed E-state index contributed by atoms with van der Waals surface area (Å²) in [5.74, 6) is 0. The van der Waals surface area contributed by atoms with E-state index < -0.39 is 31.2 Å². The van der Waals surface area contributed by atoms with Gasteiger partial charge in [-0.2, -0.15) is 0 Å². The van der Waals surface area contributed by atoms with Crippen LogP contribution in [0.2, 0.25) is 5.15 Å². The van der Waals surface area contributed by atoms with Gasteiger partial charge in [0.2, 0.25) is 0 Å². The molecule has 0 spiro atoms. The van der Waals surface area contributed by atoms with E-state index in [1.54, 1.807) is 0 Å². The minimum absolute atomic E-state index is 0.146. The van der Waals surface area contributed by atoms with Gasteiger partial charge in [-0.15, -0.1) is 0 Å². The number of nitrogens with zero attached hydrogens (tertiary/aromatic N) is 1. The van der Waals surface area contributed by atoms with Crippen LogP contribution in [0, 0.1) is 0 Å². The molecule has 1 aromatic heterocycles. The standard InChI is InChI=1S/C6H2BrCl2F2NO2S/c7-2-1-3(6(10)11)12-5(8)4(2)15(9,13)14/h1,6H. The van der Waals surface area contributed by atoms with Crippen molar-refractivity contribution in [3.05, 3.63) is 21.4 Å². The largest absolute Gasteiger partial charge is 0.280 e. The van der Waals surface area contributed by atoms with Crippen molar-refractivity contribution in [2.45, 2.75) is 11.3 Å². The molecule has 0 saturated carbocycles. The van der Waals surface area contributed by atoms with Crippen LogP contribution < -0.4 is 0 Å². The molecule has 84 valence electrons. The summed E-state index contributed by atoms with van der Waals surface area (Å²) in [4.78, 5) is 2.70. The molecule has 0 aliphatic rings. The lowest BCUT2D eigenvalue weighted by atomic mass is 10.4. The second-order valence-electron chi connectivity index (χ2n) is 2.39. The highest BCUT2D eigenvalue weighted by atomic mass is 79.9. The lowest BCUT2D eigenvalue weighted by Crippen LogP contribution is -1.99. The van der Waals surface area contributed by atoms with Crippen LogP contribution >= 0.6 is 38.2 Å². The fourth-order valence-corrected chi connectivity index (χ4v) is 3.90. The van der Waals surface area contributed by atoms with Crippen molar-refractivity contribution >= 4 is 47.3 Å². The second kappa shape index (κ2) is 4.48. The highest BCUT2D eigenvalue weighted by molar-refractivity contribution is 9.10. The van der Waals surface area contributed by atoms with Crippen LogP contribution in [-0.4, -0.2) is 13.4 Å². The van der Waals surface area contributed by atoms with Crippen LogP contribution in [0.5, 0.6) is 0 Å². The molecule has 1 aromatic rings. The van der Waals surface area contributed by atoms with Gasteiger partial charge in [-0.1, -0.05) is 11.6 Å². The van der Waals surface area contributed by atoms with Crippen molar-refractivity contribution in [1.29, 1.82) is 0 Å². The van der Waals surface area contributed by atoms with E-state index in [1.165, 1.54) is 0 Å². The van der Waals surface area contributed by atoms with E-state index in [1.807, 2.05) is 0 Å². The molecule has 0 N–H and O–H groups in total. The van der Waals surface area contributed by atoms with Crippen molar-refractivity contribution in [3.63, 3.8) is 0 Å². The predicted octanol–water partition coefficient (Wildman–Crippen LogP) is 3.36. The van der Waals surface area contributed by atoms with E-state index in [0.29, 0.717) is 0 Å². The molecule has 1 rings (SSSR count). The van der Waals surface area contributed by atoms with E-state index in [4.69, 9.17) is 22.3 Å². The highest BCUT2D eigenvalue weighted by Crippen LogP contribution is 2.33. The van der Waals surface area contributed by atoms with Gasteiger partial charge >= 0.3 is 0 Å². The average molecular weight is 341 g/mol. The molecule has 0 bridgehead atoms. The summed E-state index contributed by atoms with van der Waals surface area (Å²) in [6.45, 7) is 0. The first-order valence-electron chi connectivity index (χ1n) is 3.32. The summed E-state index contributed by atoms with van der Waals surface area (Å²) in [6.07, 6.45) is -2.84. The first-order chi connectivity index (χ1) is 6.73. The Balaban J connectivity index is 3.48. The van der Waals surface area contributed by atoms with Gasteiger partial charge in [-0.05, 0) is 22.0 Å². The van der Waals surface area contributed by atoms with Crippen molar-refractivity contribution in [2.24, 2.45) is 0 Å². The van der Waals surface area contributed by atoms with Crippen molar-refractivity contribution in [3.8, 4) is 0 Å². The van der Waals surface area contributed by atoms with E-state index in [0.717, 1.165) is 6.07 Å². The van der Waals surface area contributed by atoms with E-state index in [9.17, 15) is 17.2 Å². The summed E-state index contributed by atoms with van der Waals surface area (Å²) in [6, 6.07) is 0.853. The molecule has 1 heterocycles. The Morgan fingerprint density at radius 1 is 1.47 bits per heavy atom. The molecule has 0 amide bonds. The topological polar surface area (TPSA) is 47.0 Å². The highest BCUT2D eigenvalue weighted by Gasteiger charge is 2.23. The van der Waals surface area contributed by atoms with Crippen molar-refractivity contribution < 1.29 is 17.2 Å². The zero-order valence-electron chi connectivity index (χ0n) is 6.72. The molecule has 3 nitrogen and oxygen atoms in total. The number of alkyl halides is 2. The maximum Gasteiger partial charge on any atom is 0.280 e. The third kappa shape index (κ3) is 2.99. The first-order valence-corrected chi connectivity index (χ1v) is 6.80. The van der Waals surface area contributed by atoms with Crippen LogP contribution in [0.1, 0.15) is 12.1 Å². The Kier molecular flexibility index (Phi) is 3.91. The van der Waals surface area contributed by atoms with Gasteiger partial charge in [-0.3, -0.25) is 0 Å². The molecule has 9 heteroatoms. The number of pyridine rings is 1. The molecular formula is C6H2BrCl2F2NO2S. The maximum absolute atomic E-state index is 12.2. The van der Waals surface area contributed by atoms with Crippen LogP contribution in [0.25, 0.3) is 0 Å². The second-order valence-corrected chi connectivity index (χ2v) is 6.10. The summed E-state index contributed by atoms with van der Waals surface area (Å²) in [5, 5.41) is -0.588. The predicted molar refractivity (Wildman–Crippen MR) is 54.9 cm³/mol. The number of rotatable bonds is 2. The minimum atomic E-state index is -4.12. The SMILES string of the molecule is O=S(=O)(Cl)c1c(Br)cc(C(F)F)nc1Cl. The summed E-state index contributed by atoms with van der Waals surface area (Å²) in [7, 11) is 0.911. The molecule has 0 atom stereocenters.